The monoisotopic (exact) mass is 368 g/mol. The van der Waals surface area contributed by atoms with E-state index in [1.54, 1.807) is 0 Å². The van der Waals surface area contributed by atoms with E-state index in [-0.39, 0.29) is 22.4 Å². The van der Waals surface area contributed by atoms with Gasteiger partial charge >= 0.3 is 0 Å². The van der Waals surface area contributed by atoms with E-state index in [1.165, 1.54) is 29.8 Å². The Bertz CT molecular complexity index is 745. The van der Waals surface area contributed by atoms with E-state index in [0.29, 0.717) is 19.4 Å². The standard InChI is InChI=1S/C18H25FN2O3S/c1-13-12-15(9-10-16(13)19)25(23,24)21-11-5-8-17(21)18(22)20-14-6-3-2-4-7-14/h9-10,12,14,17H,2-8,11H2,1H3,(H,20,22)/t17-/m1/s1. The number of hydrogen-bond acceptors (Lipinski definition) is 3. The van der Waals surface area contributed by atoms with Gasteiger partial charge in [-0.3, -0.25) is 4.79 Å². The highest BCUT2D eigenvalue weighted by atomic mass is 32.2. The highest BCUT2D eigenvalue weighted by Gasteiger charge is 2.40. The summed E-state index contributed by atoms with van der Waals surface area (Å²) in [7, 11) is -3.81. The molecule has 0 radical (unpaired) electrons. The normalized spacial score (nSPS) is 22.9. The van der Waals surface area contributed by atoms with E-state index >= 15 is 0 Å². The molecule has 1 atom stereocenters. The number of sulfonamides is 1. The molecule has 1 N–H and O–H groups in total. The zero-order valence-electron chi connectivity index (χ0n) is 14.5. The molecule has 25 heavy (non-hydrogen) atoms. The molecule has 0 unspecified atom stereocenters. The highest BCUT2D eigenvalue weighted by Crippen LogP contribution is 2.28. The van der Waals surface area contributed by atoms with Crippen LogP contribution >= 0.6 is 0 Å². The summed E-state index contributed by atoms with van der Waals surface area (Å²) >= 11 is 0. The van der Waals surface area contributed by atoms with Crippen molar-refractivity contribution >= 4 is 15.9 Å². The van der Waals surface area contributed by atoms with Crippen LogP contribution in [0.3, 0.4) is 0 Å². The van der Waals surface area contributed by atoms with Crippen LogP contribution in [0, 0.1) is 12.7 Å². The first kappa shape index (κ1) is 18.3. The van der Waals surface area contributed by atoms with Gasteiger partial charge in [0.2, 0.25) is 15.9 Å². The largest absolute Gasteiger partial charge is 0.352 e. The number of benzene rings is 1. The molecule has 1 amide bonds. The van der Waals surface area contributed by atoms with Gasteiger partial charge in [0.1, 0.15) is 11.9 Å². The lowest BCUT2D eigenvalue weighted by molar-refractivity contribution is -0.125. The molecule has 1 saturated carbocycles. The number of halogens is 1. The molecule has 1 aromatic carbocycles. The zero-order valence-corrected chi connectivity index (χ0v) is 15.3. The van der Waals surface area contributed by atoms with Crippen molar-refractivity contribution in [2.45, 2.75) is 68.8 Å². The van der Waals surface area contributed by atoms with Crippen LogP contribution in [0.25, 0.3) is 0 Å². The van der Waals surface area contributed by atoms with Crippen LogP contribution < -0.4 is 5.32 Å². The molecule has 2 aliphatic rings. The Morgan fingerprint density at radius 3 is 2.56 bits per heavy atom. The fourth-order valence-electron chi connectivity index (χ4n) is 3.75. The summed E-state index contributed by atoms with van der Waals surface area (Å²) < 4.78 is 40.6. The van der Waals surface area contributed by atoms with Crippen LogP contribution in [0.4, 0.5) is 4.39 Å². The van der Waals surface area contributed by atoms with E-state index < -0.39 is 21.9 Å². The van der Waals surface area contributed by atoms with Gasteiger partial charge in [0, 0.05) is 12.6 Å². The summed E-state index contributed by atoms with van der Waals surface area (Å²) in [5.41, 5.74) is 0.281. The van der Waals surface area contributed by atoms with Crippen molar-refractivity contribution < 1.29 is 17.6 Å². The first-order chi connectivity index (χ1) is 11.9. The lowest BCUT2D eigenvalue weighted by Gasteiger charge is -2.28. The molecule has 1 aliphatic heterocycles. The van der Waals surface area contributed by atoms with Gasteiger partial charge in [-0.2, -0.15) is 4.31 Å². The molecular formula is C18H25FN2O3S. The van der Waals surface area contributed by atoms with E-state index in [9.17, 15) is 17.6 Å². The quantitative estimate of drug-likeness (QED) is 0.889. The van der Waals surface area contributed by atoms with Crippen molar-refractivity contribution in [2.24, 2.45) is 0 Å². The Kier molecular flexibility index (Phi) is 5.43. The van der Waals surface area contributed by atoms with Gasteiger partial charge in [-0.05, 0) is 56.4 Å². The van der Waals surface area contributed by atoms with Crippen LogP contribution in [-0.4, -0.2) is 37.3 Å². The second-order valence-corrected chi connectivity index (χ2v) is 8.92. The van der Waals surface area contributed by atoms with Gasteiger partial charge in [-0.1, -0.05) is 19.3 Å². The molecule has 7 heteroatoms. The first-order valence-corrected chi connectivity index (χ1v) is 10.4. The Labute approximate surface area is 148 Å². The van der Waals surface area contributed by atoms with Crippen molar-refractivity contribution in [3.63, 3.8) is 0 Å². The van der Waals surface area contributed by atoms with Crippen molar-refractivity contribution in [2.75, 3.05) is 6.54 Å². The molecule has 5 nitrogen and oxygen atoms in total. The summed E-state index contributed by atoms with van der Waals surface area (Å²) in [6.45, 7) is 1.85. The molecule has 1 heterocycles. The number of rotatable bonds is 4. The highest BCUT2D eigenvalue weighted by molar-refractivity contribution is 7.89. The van der Waals surface area contributed by atoms with Gasteiger partial charge < -0.3 is 5.32 Å². The second kappa shape index (κ2) is 7.41. The Morgan fingerprint density at radius 2 is 1.88 bits per heavy atom. The number of nitrogens with one attached hydrogen (secondary N) is 1. The van der Waals surface area contributed by atoms with E-state index in [1.807, 2.05) is 0 Å². The predicted octanol–water partition coefficient (Wildman–Crippen LogP) is 2.74. The molecule has 2 fully saturated rings. The smallest absolute Gasteiger partial charge is 0.243 e. The van der Waals surface area contributed by atoms with E-state index in [4.69, 9.17) is 0 Å². The third-order valence-corrected chi connectivity index (χ3v) is 7.10. The van der Waals surface area contributed by atoms with Crippen molar-refractivity contribution in [3.05, 3.63) is 29.6 Å². The van der Waals surface area contributed by atoms with Gasteiger partial charge in [0.15, 0.2) is 0 Å². The molecule has 1 saturated heterocycles. The van der Waals surface area contributed by atoms with Crippen LogP contribution in [-0.2, 0) is 14.8 Å². The molecule has 0 spiro atoms. The zero-order chi connectivity index (χ0) is 18.0. The molecular weight excluding hydrogens is 343 g/mol. The lowest BCUT2D eigenvalue weighted by atomic mass is 9.95. The fraction of sp³-hybridized carbons (Fsp3) is 0.611. The van der Waals surface area contributed by atoms with E-state index in [2.05, 4.69) is 5.32 Å². The van der Waals surface area contributed by atoms with Gasteiger partial charge in [-0.25, -0.2) is 12.8 Å². The Morgan fingerprint density at radius 1 is 1.16 bits per heavy atom. The minimum atomic E-state index is -3.81. The third kappa shape index (κ3) is 3.87. The summed E-state index contributed by atoms with van der Waals surface area (Å²) in [5.74, 6) is -0.640. The number of carbonyl (C=O) groups is 1. The summed E-state index contributed by atoms with van der Waals surface area (Å²) in [5, 5.41) is 3.03. The first-order valence-electron chi connectivity index (χ1n) is 8.98. The Balaban J connectivity index is 1.77. The number of carbonyl (C=O) groups excluding carboxylic acids is 1. The average Bonchev–Trinajstić information content (AvgIpc) is 3.09. The van der Waals surface area contributed by atoms with Crippen LogP contribution in [0.1, 0.15) is 50.5 Å². The van der Waals surface area contributed by atoms with Crippen molar-refractivity contribution in [3.8, 4) is 0 Å². The second-order valence-electron chi connectivity index (χ2n) is 7.03. The molecule has 3 rings (SSSR count). The van der Waals surface area contributed by atoms with Crippen LogP contribution in [0.5, 0.6) is 0 Å². The molecule has 0 aromatic heterocycles. The maximum Gasteiger partial charge on any atom is 0.243 e. The summed E-state index contributed by atoms with van der Waals surface area (Å²) in [4.78, 5) is 12.7. The number of amides is 1. The van der Waals surface area contributed by atoms with Gasteiger partial charge in [-0.15, -0.1) is 0 Å². The molecule has 138 valence electrons. The average molecular weight is 368 g/mol. The minimum absolute atomic E-state index is 0.0452. The summed E-state index contributed by atoms with van der Waals surface area (Å²) in [6.07, 6.45) is 6.50. The predicted molar refractivity (Wildman–Crippen MR) is 93.1 cm³/mol. The minimum Gasteiger partial charge on any atom is -0.352 e. The van der Waals surface area contributed by atoms with Crippen molar-refractivity contribution in [1.29, 1.82) is 0 Å². The maximum absolute atomic E-state index is 13.5. The molecule has 0 bridgehead atoms. The third-order valence-electron chi connectivity index (χ3n) is 5.19. The van der Waals surface area contributed by atoms with Gasteiger partial charge in [0.25, 0.3) is 0 Å². The molecule has 1 aromatic rings. The van der Waals surface area contributed by atoms with Crippen molar-refractivity contribution in [1.82, 2.24) is 9.62 Å². The lowest BCUT2D eigenvalue weighted by Crippen LogP contribution is -2.49. The SMILES string of the molecule is Cc1cc(S(=O)(=O)N2CCC[C@@H]2C(=O)NC2CCCCC2)ccc1F. The van der Waals surface area contributed by atoms with E-state index in [0.717, 1.165) is 31.7 Å². The maximum atomic E-state index is 13.5. The number of aryl methyl sites for hydroxylation is 1. The van der Waals surface area contributed by atoms with Crippen LogP contribution in [0.15, 0.2) is 23.1 Å². The van der Waals surface area contributed by atoms with Gasteiger partial charge in [0.05, 0.1) is 4.90 Å². The Hall–Kier alpha value is -1.47. The molecule has 1 aliphatic carbocycles. The fourth-order valence-corrected chi connectivity index (χ4v) is 5.49. The van der Waals surface area contributed by atoms with Crippen LogP contribution in [0.2, 0.25) is 0 Å². The number of hydrogen-bond donors (Lipinski definition) is 1. The number of nitrogens with zero attached hydrogens (tertiary/aromatic N) is 1. The topological polar surface area (TPSA) is 66.5 Å². The summed E-state index contributed by atoms with van der Waals surface area (Å²) in [6, 6.07) is 3.25.